The minimum atomic E-state index is -1.03. The van der Waals surface area contributed by atoms with E-state index in [4.69, 9.17) is 31.9 Å². The molecule has 5 nitrogen and oxygen atoms in total. The molecule has 0 fully saturated rings. The highest BCUT2D eigenvalue weighted by Crippen LogP contribution is 2.26. The second-order valence-electron chi connectivity index (χ2n) is 5.49. The molecule has 0 spiro atoms. The van der Waals surface area contributed by atoms with Crippen LogP contribution < -0.4 is 15.2 Å². The van der Waals surface area contributed by atoms with Crippen molar-refractivity contribution < 1.29 is 19.4 Å². The van der Waals surface area contributed by atoms with Gasteiger partial charge in [-0.05, 0) is 54.8 Å². The van der Waals surface area contributed by atoms with Crippen LogP contribution in [-0.4, -0.2) is 24.2 Å². The molecule has 6 heteroatoms. The van der Waals surface area contributed by atoms with Crippen LogP contribution >= 0.6 is 11.6 Å². The number of rotatable bonds is 7. The summed E-state index contributed by atoms with van der Waals surface area (Å²) >= 11 is 5.94. The van der Waals surface area contributed by atoms with Gasteiger partial charge in [-0.25, -0.2) is 0 Å². The third-order valence-electron chi connectivity index (χ3n) is 3.64. The Balaban J connectivity index is 2.16. The Labute approximate surface area is 146 Å². The van der Waals surface area contributed by atoms with E-state index < -0.39 is 12.0 Å². The van der Waals surface area contributed by atoms with Crippen LogP contribution in [0, 0.1) is 6.92 Å². The molecule has 0 aliphatic rings. The van der Waals surface area contributed by atoms with Crippen LogP contribution in [0.15, 0.2) is 36.4 Å². The van der Waals surface area contributed by atoms with E-state index in [9.17, 15) is 4.79 Å². The number of aliphatic carboxylic acids is 1. The van der Waals surface area contributed by atoms with Gasteiger partial charge in [-0.3, -0.25) is 4.79 Å². The van der Waals surface area contributed by atoms with Crippen LogP contribution in [0.2, 0.25) is 5.02 Å². The van der Waals surface area contributed by atoms with Crippen molar-refractivity contribution in [1.29, 1.82) is 0 Å². The Morgan fingerprint density at radius 2 is 1.96 bits per heavy atom. The highest BCUT2D eigenvalue weighted by atomic mass is 35.5. The molecule has 1 atom stereocenters. The van der Waals surface area contributed by atoms with Crippen molar-refractivity contribution in [2.75, 3.05) is 7.11 Å². The molecule has 0 bridgehead atoms. The van der Waals surface area contributed by atoms with Gasteiger partial charge in [-0.2, -0.15) is 0 Å². The van der Waals surface area contributed by atoms with E-state index in [1.54, 1.807) is 25.3 Å². The van der Waals surface area contributed by atoms with E-state index in [-0.39, 0.29) is 6.42 Å². The van der Waals surface area contributed by atoms with Crippen molar-refractivity contribution >= 4 is 17.6 Å². The summed E-state index contributed by atoms with van der Waals surface area (Å²) in [5.74, 6) is 0.378. The van der Waals surface area contributed by atoms with Gasteiger partial charge in [0, 0.05) is 10.6 Å². The number of methoxy groups -OCH3 is 1. The number of nitrogens with two attached hydrogens (primary N) is 1. The predicted octanol–water partition coefficient (Wildman–Crippen LogP) is 3.19. The molecule has 0 aliphatic carbocycles. The SMILES string of the molecule is COc1ccc(CC(N)C(=O)O)cc1COc1ccc(Cl)cc1C. The molecule has 1 unspecified atom stereocenters. The van der Waals surface area contributed by atoms with Crippen LogP contribution in [0.4, 0.5) is 0 Å². The highest BCUT2D eigenvalue weighted by Gasteiger charge is 2.14. The topological polar surface area (TPSA) is 81.8 Å². The summed E-state index contributed by atoms with van der Waals surface area (Å²) in [6.45, 7) is 2.21. The fraction of sp³-hybridized carbons (Fsp3) is 0.278. The fourth-order valence-corrected chi connectivity index (χ4v) is 2.57. The zero-order chi connectivity index (χ0) is 17.7. The minimum Gasteiger partial charge on any atom is -0.496 e. The maximum absolute atomic E-state index is 10.9. The second-order valence-corrected chi connectivity index (χ2v) is 5.93. The lowest BCUT2D eigenvalue weighted by Gasteiger charge is -2.14. The molecule has 24 heavy (non-hydrogen) atoms. The lowest BCUT2D eigenvalue weighted by atomic mass is 10.0. The number of aryl methyl sites for hydroxylation is 1. The molecule has 2 rings (SSSR count). The van der Waals surface area contributed by atoms with Gasteiger partial charge in [0.2, 0.25) is 0 Å². The van der Waals surface area contributed by atoms with Gasteiger partial charge in [0.1, 0.15) is 24.1 Å². The molecular formula is C18H20ClNO4. The van der Waals surface area contributed by atoms with Gasteiger partial charge in [0.15, 0.2) is 0 Å². The number of hydrogen-bond donors (Lipinski definition) is 2. The Morgan fingerprint density at radius 1 is 1.25 bits per heavy atom. The van der Waals surface area contributed by atoms with Crippen molar-refractivity contribution in [1.82, 2.24) is 0 Å². The zero-order valence-electron chi connectivity index (χ0n) is 13.6. The summed E-state index contributed by atoms with van der Waals surface area (Å²) < 4.78 is 11.2. The van der Waals surface area contributed by atoms with Gasteiger partial charge in [0.05, 0.1) is 7.11 Å². The third kappa shape index (κ3) is 4.63. The average Bonchev–Trinajstić information content (AvgIpc) is 2.54. The molecule has 0 radical (unpaired) electrons. The minimum absolute atomic E-state index is 0.242. The smallest absolute Gasteiger partial charge is 0.320 e. The molecule has 3 N–H and O–H groups in total. The molecule has 128 valence electrons. The number of carboxylic acid groups (broad SMARTS) is 1. The summed E-state index contributed by atoms with van der Waals surface area (Å²) in [7, 11) is 1.58. The average molecular weight is 350 g/mol. The van der Waals surface area contributed by atoms with Crippen molar-refractivity contribution in [3.63, 3.8) is 0 Å². The number of benzene rings is 2. The summed E-state index contributed by atoms with van der Waals surface area (Å²) in [6.07, 6.45) is 0.242. The fourth-order valence-electron chi connectivity index (χ4n) is 2.34. The molecule has 0 aliphatic heterocycles. The Bertz CT molecular complexity index is 733. The molecule has 0 amide bonds. The third-order valence-corrected chi connectivity index (χ3v) is 3.87. The van der Waals surface area contributed by atoms with E-state index in [1.165, 1.54) is 0 Å². The first-order chi connectivity index (χ1) is 11.4. The first-order valence-corrected chi connectivity index (χ1v) is 7.81. The number of carboxylic acids is 1. The molecule has 2 aromatic carbocycles. The van der Waals surface area contributed by atoms with Crippen molar-refractivity contribution in [3.05, 3.63) is 58.1 Å². The van der Waals surface area contributed by atoms with Crippen LogP contribution in [0.5, 0.6) is 11.5 Å². The Morgan fingerprint density at radius 3 is 2.58 bits per heavy atom. The largest absolute Gasteiger partial charge is 0.496 e. The van der Waals surface area contributed by atoms with Gasteiger partial charge in [-0.1, -0.05) is 17.7 Å². The Kier molecular flexibility index (Phi) is 6.06. The molecule has 0 saturated carbocycles. The van der Waals surface area contributed by atoms with Crippen molar-refractivity contribution in [2.24, 2.45) is 5.73 Å². The molecule has 0 heterocycles. The van der Waals surface area contributed by atoms with Gasteiger partial charge >= 0.3 is 5.97 Å². The summed E-state index contributed by atoms with van der Waals surface area (Å²) in [5, 5.41) is 9.59. The quantitative estimate of drug-likeness (QED) is 0.802. The first-order valence-electron chi connectivity index (χ1n) is 7.44. The predicted molar refractivity (Wildman–Crippen MR) is 92.8 cm³/mol. The molecule has 0 saturated heterocycles. The monoisotopic (exact) mass is 349 g/mol. The van der Waals surface area contributed by atoms with Crippen LogP contribution in [0.3, 0.4) is 0 Å². The molecule has 2 aromatic rings. The number of hydrogen-bond acceptors (Lipinski definition) is 4. The van der Waals surface area contributed by atoms with Gasteiger partial charge in [0.25, 0.3) is 0 Å². The second kappa shape index (κ2) is 8.04. The van der Waals surface area contributed by atoms with E-state index in [2.05, 4.69) is 0 Å². The van der Waals surface area contributed by atoms with Crippen molar-refractivity contribution in [2.45, 2.75) is 26.0 Å². The lowest BCUT2D eigenvalue weighted by Crippen LogP contribution is -2.32. The van der Waals surface area contributed by atoms with Crippen LogP contribution in [-0.2, 0) is 17.8 Å². The van der Waals surface area contributed by atoms with E-state index in [1.807, 2.05) is 25.1 Å². The van der Waals surface area contributed by atoms with Crippen LogP contribution in [0.25, 0.3) is 0 Å². The van der Waals surface area contributed by atoms with Gasteiger partial charge in [-0.15, -0.1) is 0 Å². The van der Waals surface area contributed by atoms with E-state index in [0.29, 0.717) is 17.4 Å². The first kappa shape index (κ1) is 18.1. The van der Waals surface area contributed by atoms with Crippen LogP contribution in [0.1, 0.15) is 16.7 Å². The van der Waals surface area contributed by atoms with Gasteiger partial charge < -0.3 is 20.3 Å². The highest BCUT2D eigenvalue weighted by molar-refractivity contribution is 6.30. The molecular weight excluding hydrogens is 330 g/mol. The van der Waals surface area contributed by atoms with E-state index >= 15 is 0 Å². The summed E-state index contributed by atoms with van der Waals surface area (Å²) in [6, 6.07) is 9.92. The van der Waals surface area contributed by atoms with Crippen molar-refractivity contribution in [3.8, 4) is 11.5 Å². The lowest BCUT2D eigenvalue weighted by molar-refractivity contribution is -0.138. The Hall–Kier alpha value is -2.24. The normalized spacial score (nSPS) is 11.8. The number of ether oxygens (including phenoxy) is 2. The maximum Gasteiger partial charge on any atom is 0.320 e. The maximum atomic E-state index is 10.9. The summed E-state index contributed by atoms with van der Waals surface area (Å²) in [5.41, 5.74) is 8.17. The number of halogens is 1. The molecule has 0 aromatic heterocycles. The van der Waals surface area contributed by atoms with E-state index in [0.717, 1.165) is 22.4 Å². The number of carbonyl (C=O) groups is 1. The zero-order valence-corrected chi connectivity index (χ0v) is 14.3. The standard InChI is InChI=1S/C18H20ClNO4/c1-11-7-14(19)4-6-16(11)24-10-13-8-12(3-5-17(13)23-2)9-15(20)18(21)22/h3-8,15H,9-10,20H2,1-2H3,(H,21,22). The summed E-state index contributed by atoms with van der Waals surface area (Å²) in [4.78, 5) is 10.9.